The number of Topliss-reactive ketones (excluding diaryl/α,β-unsaturated/α-hetero) is 1. The lowest BCUT2D eigenvalue weighted by Crippen LogP contribution is -2.09. The highest BCUT2D eigenvalue weighted by molar-refractivity contribution is 8.01. The molecule has 0 bridgehead atoms. The van der Waals surface area contributed by atoms with Crippen LogP contribution in [0, 0.1) is 13.8 Å². The number of rotatable bonds is 7. The van der Waals surface area contributed by atoms with E-state index in [4.69, 9.17) is 4.74 Å². The van der Waals surface area contributed by atoms with Crippen molar-refractivity contribution < 1.29 is 9.53 Å². The minimum Gasteiger partial charge on any atom is -0.383 e. The van der Waals surface area contributed by atoms with Crippen LogP contribution in [0.3, 0.4) is 0 Å². The molecule has 0 aromatic carbocycles. The molecule has 2 aromatic rings. The van der Waals surface area contributed by atoms with E-state index in [1.54, 1.807) is 12.6 Å². The van der Waals surface area contributed by atoms with Gasteiger partial charge in [0.2, 0.25) is 0 Å². The third-order valence-electron chi connectivity index (χ3n) is 3.06. The average molecular weight is 311 g/mol. The third kappa shape index (κ3) is 3.47. The van der Waals surface area contributed by atoms with E-state index in [1.807, 2.05) is 19.9 Å². The first-order valence-corrected chi connectivity index (χ1v) is 8.08. The monoisotopic (exact) mass is 311 g/mol. The van der Waals surface area contributed by atoms with Crippen LogP contribution in [0.4, 0.5) is 0 Å². The van der Waals surface area contributed by atoms with Gasteiger partial charge >= 0.3 is 0 Å². The Kier molecular flexibility index (Phi) is 5.33. The standard InChI is InChI=1S/C13H17N3O2S2/c1-9-6-11(10(2)16(9)4-5-18-3)12(17)7-19-13-15-14-8-20-13/h6,8H,4-5,7H2,1-3H3. The van der Waals surface area contributed by atoms with Crippen molar-refractivity contribution in [2.24, 2.45) is 0 Å². The number of nitrogens with zero attached hydrogens (tertiary/aromatic N) is 3. The summed E-state index contributed by atoms with van der Waals surface area (Å²) in [6, 6.07) is 1.95. The van der Waals surface area contributed by atoms with Gasteiger partial charge in [0.05, 0.1) is 12.4 Å². The zero-order chi connectivity index (χ0) is 14.5. The number of thioether (sulfide) groups is 1. The van der Waals surface area contributed by atoms with Crippen molar-refractivity contribution in [3.63, 3.8) is 0 Å². The topological polar surface area (TPSA) is 57.0 Å². The molecule has 20 heavy (non-hydrogen) atoms. The molecule has 0 aliphatic heterocycles. The van der Waals surface area contributed by atoms with Gasteiger partial charge in [0.15, 0.2) is 10.1 Å². The third-order valence-corrected chi connectivity index (χ3v) is 4.92. The van der Waals surface area contributed by atoms with Crippen molar-refractivity contribution in [2.45, 2.75) is 24.7 Å². The van der Waals surface area contributed by atoms with Gasteiger partial charge in [-0.1, -0.05) is 23.1 Å². The van der Waals surface area contributed by atoms with Crippen LogP contribution in [0.2, 0.25) is 0 Å². The lowest BCUT2D eigenvalue weighted by molar-refractivity contribution is 0.102. The highest BCUT2D eigenvalue weighted by Crippen LogP contribution is 2.22. The first-order chi connectivity index (χ1) is 9.63. The summed E-state index contributed by atoms with van der Waals surface area (Å²) in [5.41, 5.74) is 4.55. The second kappa shape index (κ2) is 7.01. The molecule has 0 atom stereocenters. The van der Waals surface area contributed by atoms with E-state index in [1.165, 1.54) is 23.1 Å². The molecule has 7 heteroatoms. The Morgan fingerprint density at radius 1 is 1.50 bits per heavy atom. The smallest absolute Gasteiger partial charge is 0.174 e. The number of ketones is 1. The van der Waals surface area contributed by atoms with Crippen molar-refractivity contribution in [3.05, 3.63) is 28.5 Å². The molecule has 0 aliphatic carbocycles. The summed E-state index contributed by atoms with van der Waals surface area (Å²) >= 11 is 2.88. The van der Waals surface area contributed by atoms with Crippen molar-refractivity contribution >= 4 is 28.9 Å². The molecule has 2 heterocycles. The summed E-state index contributed by atoms with van der Waals surface area (Å²) in [6.45, 7) is 5.40. The number of hydrogen-bond donors (Lipinski definition) is 0. The zero-order valence-electron chi connectivity index (χ0n) is 11.8. The van der Waals surface area contributed by atoms with Gasteiger partial charge < -0.3 is 9.30 Å². The highest BCUT2D eigenvalue weighted by atomic mass is 32.2. The van der Waals surface area contributed by atoms with Gasteiger partial charge in [-0.25, -0.2) is 0 Å². The molecule has 0 unspecified atom stereocenters. The van der Waals surface area contributed by atoms with E-state index in [0.717, 1.165) is 27.8 Å². The first kappa shape index (κ1) is 15.2. The van der Waals surface area contributed by atoms with Gasteiger partial charge in [0.1, 0.15) is 5.51 Å². The van der Waals surface area contributed by atoms with Gasteiger partial charge in [-0.3, -0.25) is 4.79 Å². The maximum atomic E-state index is 12.3. The molecule has 0 N–H and O–H groups in total. The van der Waals surface area contributed by atoms with Crippen LogP contribution in [0.1, 0.15) is 21.7 Å². The number of carbonyl (C=O) groups excluding carboxylic acids is 1. The fourth-order valence-corrected chi connectivity index (χ4v) is 3.41. The minimum absolute atomic E-state index is 0.127. The number of aromatic nitrogens is 3. The lowest BCUT2D eigenvalue weighted by atomic mass is 10.2. The number of aryl methyl sites for hydroxylation is 1. The molecule has 0 radical (unpaired) electrons. The van der Waals surface area contributed by atoms with Crippen LogP contribution in [0.15, 0.2) is 15.9 Å². The van der Waals surface area contributed by atoms with Crippen molar-refractivity contribution in [3.8, 4) is 0 Å². The molecule has 108 valence electrons. The number of carbonyl (C=O) groups is 1. The van der Waals surface area contributed by atoms with E-state index in [2.05, 4.69) is 14.8 Å². The fraction of sp³-hybridized carbons (Fsp3) is 0.462. The Bertz CT molecular complexity index is 579. The Balaban J connectivity index is 2.06. The highest BCUT2D eigenvalue weighted by Gasteiger charge is 2.16. The molecule has 2 rings (SSSR count). The van der Waals surface area contributed by atoms with E-state index in [9.17, 15) is 4.79 Å². The maximum absolute atomic E-state index is 12.3. The zero-order valence-corrected chi connectivity index (χ0v) is 13.4. The van der Waals surface area contributed by atoms with Gasteiger partial charge in [0.25, 0.3) is 0 Å². The fourth-order valence-electron chi connectivity index (χ4n) is 2.04. The minimum atomic E-state index is 0.127. The Hall–Kier alpha value is -1.18. The molecule has 5 nitrogen and oxygen atoms in total. The molecule has 0 saturated carbocycles. The summed E-state index contributed by atoms with van der Waals surface area (Å²) in [7, 11) is 1.68. The number of ether oxygens (including phenoxy) is 1. The molecule has 0 saturated heterocycles. The maximum Gasteiger partial charge on any atom is 0.174 e. The van der Waals surface area contributed by atoms with Gasteiger partial charge in [0, 0.05) is 30.6 Å². The lowest BCUT2D eigenvalue weighted by Gasteiger charge is -2.08. The Morgan fingerprint density at radius 2 is 2.30 bits per heavy atom. The molecule has 2 aromatic heterocycles. The van der Waals surface area contributed by atoms with Crippen LogP contribution >= 0.6 is 23.1 Å². The summed E-state index contributed by atoms with van der Waals surface area (Å²) in [5.74, 6) is 0.519. The number of methoxy groups -OCH3 is 1. The first-order valence-electron chi connectivity index (χ1n) is 6.21. The Labute approximate surface area is 126 Å². The van der Waals surface area contributed by atoms with Crippen molar-refractivity contribution in [1.29, 1.82) is 0 Å². The quantitative estimate of drug-likeness (QED) is 0.581. The molecular formula is C13H17N3O2S2. The average Bonchev–Trinajstić information content (AvgIpc) is 3.03. The number of hydrogen-bond acceptors (Lipinski definition) is 6. The van der Waals surface area contributed by atoms with E-state index in [-0.39, 0.29) is 5.78 Å². The van der Waals surface area contributed by atoms with Gasteiger partial charge in [-0.15, -0.1) is 10.2 Å². The van der Waals surface area contributed by atoms with Crippen LogP contribution < -0.4 is 0 Å². The van der Waals surface area contributed by atoms with Crippen LogP contribution in [-0.4, -0.2) is 40.0 Å². The van der Waals surface area contributed by atoms with Crippen LogP contribution in [0.5, 0.6) is 0 Å². The second-order valence-electron chi connectivity index (χ2n) is 4.35. The Morgan fingerprint density at radius 3 is 2.95 bits per heavy atom. The van der Waals surface area contributed by atoms with Crippen LogP contribution in [0.25, 0.3) is 0 Å². The summed E-state index contributed by atoms with van der Waals surface area (Å²) in [5, 5.41) is 7.69. The SMILES string of the molecule is COCCn1c(C)cc(C(=O)CSc2nncs2)c1C. The molecular weight excluding hydrogens is 294 g/mol. The molecule has 0 amide bonds. The normalized spacial score (nSPS) is 10.9. The molecule has 0 spiro atoms. The molecule has 0 fully saturated rings. The molecule has 0 aliphatic rings. The summed E-state index contributed by atoms with van der Waals surface area (Å²) in [4.78, 5) is 12.3. The van der Waals surface area contributed by atoms with Crippen molar-refractivity contribution in [2.75, 3.05) is 19.5 Å². The van der Waals surface area contributed by atoms with E-state index >= 15 is 0 Å². The largest absolute Gasteiger partial charge is 0.383 e. The van der Waals surface area contributed by atoms with E-state index in [0.29, 0.717) is 12.4 Å². The summed E-state index contributed by atoms with van der Waals surface area (Å²) < 4.78 is 8.04. The predicted molar refractivity (Wildman–Crippen MR) is 80.7 cm³/mol. The van der Waals surface area contributed by atoms with Crippen LogP contribution in [-0.2, 0) is 11.3 Å². The van der Waals surface area contributed by atoms with Gasteiger partial charge in [-0.05, 0) is 19.9 Å². The second-order valence-corrected chi connectivity index (χ2v) is 6.40. The predicted octanol–water partition coefficient (Wildman–Crippen LogP) is 2.58. The summed E-state index contributed by atoms with van der Waals surface area (Å²) in [6.07, 6.45) is 0. The van der Waals surface area contributed by atoms with E-state index < -0.39 is 0 Å². The van der Waals surface area contributed by atoms with Crippen molar-refractivity contribution in [1.82, 2.24) is 14.8 Å². The van der Waals surface area contributed by atoms with Gasteiger partial charge in [-0.2, -0.15) is 0 Å².